The summed E-state index contributed by atoms with van der Waals surface area (Å²) in [5.41, 5.74) is 0.586. The third kappa shape index (κ3) is 4.02. The lowest BCUT2D eigenvalue weighted by Crippen LogP contribution is -2.45. The summed E-state index contributed by atoms with van der Waals surface area (Å²) in [5.74, 6) is 1.12. The van der Waals surface area contributed by atoms with Gasteiger partial charge in [-0.25, -0.2) is 0 Å². The Morgan fingerprint density at radius 2 is 2.05 bits per heavy atom. The van der Waals surface area contributed by atoms with E-state index in [4.69, 9.17) is 9.47 Å². The zero-order valence-electron chi connectivity index (χ0n) is 11.8. The molecule has 2 N–H and O–H groups in total. The van der Waals surface area contributed by atoms with Crippen LogP contribution in [0.15, 0.2) is 18.2 Å². The lowest BCUT2D eigenvalue weighted by molar-refractivity contribution is 0.0930. The van der Waals surface area contributed by atoms with E-state index >= 15 is 0 Å². The Labute approximate surface area is 125 Å². The zero-order valence-corrected chi connectivity index (χ0v) is 12.6. The highest BCUT2D eigenvalue weighted by Crippen LogP contribution is 2.27. The molecule has 1 aromatic carbocycles. The minimum Gasteiger partial charge on any atom is -0.493 e. The molecule has 1 heterocycles. The standard InChI is InChI=1S/C14H20N2O3.ClH/c1-18-12-6-5-10(8-13(12)19-2)14(17)16-11-4-3-7-15-9-11;/h5-6,8,11,15H,3-4,7,9H2,1-2H3,(H,16,17);1H/t11-;/m1./s1. The van der Waals surface area contributed by atoms with Crippen molar-refractivity contribution in [3.8, 4) is 11.5 Å². The number of piperidine rings is 1. The van der Waals surface area contributed by atoms with Crippen LogP contribution >= 0.6 is 12.4 Å². The molecule has 1 saturated heterocycles. The molecule has 0 aromatic heterocycles. The Hall–Kier alpha value is -1.46. The zero-order chi connectivity index (χ0) is 13.7. The van der Waals surface area contributed by atoms with Crippen molar-refractivity contribution in [1.29, 1.82) is 0 Å². The molecule has 0 aliphatic carbocycles. The van der Waals surface area contributed by atoms with Gasteiger partial charge in [-0.15, -0.1) is 12.4 Å². The van der Waals surface area contributed by atoms with Crippen molar-refractivity contribution in [3.05, 3.63) is 23.8 Å². The van der Waals surface area contributed by atoms with Gasteiger partial charge in [0.25, 0.3) is 5.91 Å². The number of methoxy groups -OCH3 is 2. The lowest BCUT2D eigenvalue weighted by Gasteiger charge is -2.23. The second-order valence-electron chi connectivity index (χ2n) is 4.59. The van der Waals surface area contributed by atoms with Crippen LogP contribution in [-0.4, -0.2) is 39.3 Å². The van der Waals surface area contributed by atoms with Gasteiger partial charge in [0, 0.05) is 18.2 Å². The molecule has 0 unspecified atom stereocenters. The van der Waals surface area contributed by atoms with Gasteiger partial charge in [-0.2, -0.15) is 0 Å². The van der Waals surface area contributed by atoms with Crippen molar-refractivity contribution in [1.82, 2.24) is 10.6 Å². The van der Waals surface area contributed by atoms with E-state index in [0.29, 0.717) is 17.1 Å². The van der Waals surface area contributed by atoms with Crippen molar-refractivity contribution in [2.24, 2.45) is 0 Å². The van der Waals surface area contributed by atoms with Gasteiger partial charge in [-0.1, -0.05) is 0 Å². The summed E-state index contributed by atoms with van der Waals surface area (Å²) in [6.07, 6.45) is 2.11. The van der Waals surface area contributed by atoms with Crippen LogP contribution in [0.5, 0.6) is 11.5 Å². The molecule has 0 spiro atoms. The van der Waals surface area contributed by atoms with Gasteiger partial charge >= 0.3 is 0 Å². The van der Waals surface area contributed by atoms with Crippen LogP contribution in [0, 0.1) is 0 Å². The fourth-order valence-electron chi connectivity index (χ4n) is 2.22. The molecular formula is C14H21ClN2O3. The van der Waals surface area contributed by atoms with E-state index in [1.54, 1.807) is 32.4 Å². The minimum absolute atomic E-state index is 0. The molecule has 0 saturated carbocycles. The van der Waals surface area contributed by atoms with Gasteiger partial charge in [0.1, 0.15) is 0 Å². The molecule has 1 aliphatic heterocycles. The number of carbonyl (C=O) groups is 1. The third-order valence-corrected chi connectivity index (χ3v) is 3.28. The summed E-state index contributed by atoms with van der Waals surface area (Å²) < 4.78 is 10.4. The molecule has 6 heteroatoms. The highest BCUT2D eigenvalue weighted by molar-refractivity contribution is 5.95. The Bertz CT molecular complexity index is 448. The van der Waals surface area contributed by atoms with E-state index in [1.807, 2.05) is 0 Å². The van der Waals surface area contributed by atoms with Crippen LogP contribution < -0.4 is 20.1 Å². The van der Waals surface area contributed by atoms with Crippen molar-refractivity contribution >= 4 is 18.3 Å². The molecular weight excluding hydrogens is 280 g/mol. The molecule has 2 rings (SSSR count). The summed E-state index contributed by atoms with van der Waals surface area (Å²) >= 11 is 0. The van der Waals surface area contributed by atoms with E-state index in [2.05, 4.69) is 10.6 Å². The van der Waals surface area contributed by atoms with Crippen LogP contribution in [0.1, 0.15) is 23.2 Å². The van der Waals surface area contributed by atoms with Gasteiger partial charge < -0.3 is 20.1 Å². The number of nitrogens with one attached hydrogen (secondary N) is 2. The molecule has 1 amide bonds. The topological polar surface area (TPSA) is 59.6 Å². The van der Waals surface area contributed by atoms with Crippen molar-refractivity contribution in [3.63, 3.8) is 0 Å². The first-order chi connectivity index (χ1) is 9.24. The molecule has 1 aliphatic rings. The highest BCUT2D eigenvalue weighted by atomic mass is 35.5. The predicted molar refractivity (Wildman–Crippen MR) is 80.2 cm³/mol. The van der Waals surface area contributed by atoms with Gasteiger partial charge in [0.05, 0.1) is 14.2 Å². The maximum atomic E-state index is 12.1. The van der Waals surface area contributed by atoms with Crippen LogP contribution in [0.25, 0.3) is 0 Å². The van der Waals surface area contributed by atoms with Crippen LogP contribution in [0.3, 0.4) is 0 Å². The molecule has 112 valence electrons. The number of halogens is 1. The number of ether oxygens (including phenoxy) is 2. The molecule has 0 bridgehead atoms. The maximum absolute atomic E-state index is 12.1. The first kappa shape index (κ1) is 16.6. The maximum Gasteiger partial charge on any atom is 0.251 e. The molecule has 20 heavy (non-hydrogen) atoms. The first-order valence-electron chi connectivity index (χ1n) is 6.48. The summed E-state index contributed by atoms with van der Waals surface area (Å²) in [4.78, 5) is 12.1. The summed E-state index contributed by atoms with van der Waals surface area (Å²) in [6.45, 7) is 1.86. The Balaban J connectivity index is 0.00000200. The van der Waals surface area contributed by atoms with Crippen LogP contribution in [0.4, 0.5) is 0 Å². The van der Waals surface area contributed by atoms with Gasteiger partial charge in [-0.05, 0) is 37.6 Å². The lowest BCUT2D eigenvalue weighted by atomic mass is 10.1. The van der Waals surface area contributed by atoms with E-state index < -0.39 is 0 Å². The predicted octanol–water partition coefficient (Wildman–Crippen LogP) is 1.61. The molecule has 1 aromatic rings. The molecule has 1 atom stereocenters. The SMILES string of the molecule is COc1ccc(C(=O)N[C@@H]2CCCNC2)cc1OC.Cl. The summed E-state index contributed by atoms with van der Waals surface area (Å²) in [5, 5.41) is 6.30. The average Bonchev–Trinajstić information content (AvgIpc) is 2.47. The average molecular weight is 301 g/mol. The van der Waals surface area contributed by atoms with Crippen LogP contribution in [-0.2, 0) is 0 Å². The van der Waals surface area contributed by atoms with Crippen molar-refractivity contribution < 1.29 is 14.3 Å². The third-order valence-electron chi connectivity index (χ3n) is 3.28. The summed E-state index contributed by atoms with van der Waals surface area (Å²) in [6, 6.07) is 5.39. The minimum atomic E-state index is -0.0744. The van der Waals surface area contributed by atoms with Crippen molar-refractivity contribution in [2.75, 3.05) is 27.3 Å². The molecule has 1 fully saturated rings. The molecule has 5 nitrogen and oxygen atoms in total. The van der Waals surface area contributed by atoms with Crippen LogP contribution in [0.2, 0.25) is 0 Å². The Morgan fingerprint density at radius 3 is 2.65 bits per heavy atom. The smallest absolute Gasteiger partial charge is 0.251 e. The van der Waals surface area contributed by atoms with Crippen molar-refractivity contribution in [2.45, 2.75) is 18.9 Å². The van der Waals surface area contributed by atoms with E-state index in [-0.39, 0.29) is 24.4 Å². The number of hydrogen-bond acceptors (Lipinski definition) is 4. The second kappa shape index (κ2) is 7.97. The number of carbonyl (C=O) groups excluding carboxylic acids is 1. The van der Waals surface area contributed by atoms with Gasteiger partial charge in [0.2, 0.25) is 0 Å². The van der Waals surface area contributed by atoms with E-state index in [0.717, 1.165) is 25.9 Å². The first-order valence-corrected chi connectivity index (χ1v) is 6.48. The Morgan fingerprint density at radius 1 is 1.30 bits per heavy atom. The number of hydrogen-bond donors (Lipinski definition) is 2. The number of amides is 1. The van der Waals surface area contributed by atoms with E-state index in [1.165, 1.54) is 0 Å². The summed E-state index contributed by atoms with van der Waals surface area (Å²) in [7, 11) is 3.13. The van der Waals surface area contributed by atoms with Gasteiger partial charge in [-0.3, -0.25) is 4.79 Å². The van der Waals surface area contributed by atoms with Gasteiger partial charge in [0.15, 0.2) is 11.5 Å². The second-order valence-corrected chi connectivity index (χ2v) is 4.59. The van der Waals surface area contributed by atoms with E-state index in [9.17, 15) is 4.79 Å². The quantitative estimate of drug-likeness (QED) is 0.887. The highest BCUT2D eigenvalue weighted by Gasteiger charge is 2.17. The Kier molecular flexibility index (Phi) is 6.61. The number of rotatable bonds is 4. The fraction of sp³-hybridized carbons (Fsp3) is 0.500. The number of benzene rings is 1. The fourth-order valence-corrected chi connectivity index (χ4v) is 2.22. The largest absolute Gasteiger partial charge is 0.493 e. The molecule has 0 radical (unpaired) electrons. The normalized spacial score (nSPS) is 17.8. The monoisotopic (exact) mass is 300 g/mol.